The maximum atomic E-state index is 12.3. The van der Waals surface area contributed by atoms with Crippen LogP contribution in [-0.4, -0.2) is 24.0 Å². The summed E-state index contributed by atoms with van der Waals surface area (Å²) in [5.41, 5.74) is 10.1. The highest BCUT2D eigenvalue weighted by Gasteiger charge is 2.12. The number of hydrogen-bond donors (Lipinski definition) is 2. The van der Waals surface area contributed by atoms with Gasteiger partial charge in [0.25, 0.3) is 0 Å². The SMILES string of the molecule is Nc1ccc2nc(CC(=O)Nc3ccc(N4CCCC4)cc3)ccc2c1. The van der Waals surface area contributed by atoms with Crippen LogP contribution in [0, 0.1) is 0 Å². The lowest BCUT2D eigenvalue weighted by atomic mass is 10.1. The molecule has 0 atom stereocenters. The summed E-state index contributed by atoms with van der Waals surface area (Å²) < 4.78 is 0. The first-order chi connectivity index (χ1) is 12.7. The van der Waals surface area contributed by atoms with Crippen LogP contribution in [0.4, 0.5) is 17.1 Å². The third-order valence-electron chi connectivity index (χ3n) is 4.73. The van der Waals surface area contributed by atoms with Crippen molar-refractivity contribution < 1.29 is 4.79 Å². The molecule has 0 bridgehead atoms. The number of carbonyl (C=O) groups excluding carboxylic acids is 1. The zero-order valence-corrected chi connectivity index (χ0v) is 14.6. The van der Waals surface area contributed by atoms with Gasteiger partial charge in [0.1, 0.15) is 0 Å². The Labute approximate surface area is 152 Å². The minimum Gasteiger partial charge on any atom is -0.399 e. The molecule has 5 nitrogen and oxygen atoms in total. The van der Waals surface area contributed by atoms with E-state index in [9.17, 15) is 4.79 Å². The Bertz CT molecular complexity index is 930. The molecule has 2 heterocycles. The second kappa shape index (κ2) is 7.04. The van der Waals surface area contributed by atoms with Gasteiger partial charge in [-0.3, -0.25) is 9.78 Å². The van der Waals surface area contributed by atoms with E-state index in [1.807, 2.05) is 42.5 Å². The molecule has 3 N–H and O–H groups in total. The molecule has 1 fully saturated rings. The number of nitrogens with one attached hydrogen (secondary N) is 1. The lowest BCUT2D eigenvalue weighted by Crippen LogP contribution is -2.18. The molecule has 1 aliphatic rings. The normalized spacial score (nSPS) is 13.9. The van der Waals surface area contributed by atoms with E-state index in [0.717, 1.165) is 35.4 Å². The number of nitrogen functional groups attached to an aromatic ring is 1. The number of benzene rings is 2. The Kier molecular flexibility index (Phi) is 4.44. The topological polar surface area (TPSA) is 71.2 Å². The van der Waals surface area contributed by atoms with Gasteiger partial charge in [0.05, 0.1) is 17.6 Å². The van der Waals surface area contributed by atoms with E-state index >= 15 is 0 Å². The molecule has 1 saturated heterocycles. The van der Waals surface area contributed by atoms with E-state index in [1.165, 1.54) is 18.5 Å². The number of nitrogens with two attached hydrogens (primary N) is 1. The van der Waals surface area contributed by atoms with Crippen molar-refractivity contribution in [1.82, 2.24) is 4.98 Å². The Morgan fingerprint density at radius 1 is 1.04 bits per heavy atom. The highest BCUT2D eigenvalue weighted by molar-refractivity contribution is 5.92. The molecule has 26 heavy (non-hydrogen) atoms. The van der Waals surface area contributed by atoms with Crippen molar-refractivity contribution in [2.45, 2.75) is 19.3 Å². The van der Waals surface area contributed by atoms with Crippen LogP contribution in [0.5, 0.6) is 0 Å². The number of carbonyl (C=O) groups is 1. The van der Waals surface area contributed by atoms with Crippen molar-refractivity contribution in [2.75, 3.05) is 29.0 Å². The molecule has 3 aromatic rings. The number of rotatable bonds is 4. The molecule has 0 unspecified atom stereocenters. The predicted octanol–water partition coefficient (Wildman–Crippen LogP) is 3.60. The van der Waals surface area contributed by atoms with Gasteiger partial charge in [-0.25, -0.2) is 0 Å². The molecule has 4 rings (SSSR count). The summed E-state index contributed by atoms with van der Waals surface area (Å²) in [4.78, 5) is 19.2. The van der Waals surface area contributed by atoms with Crippen LogP contribution in [0.2, 0.25) is 0 Å². The molecule has 1 amide bonds. The number of anilines is 3. The lowest BCUT2D eigenvalue weighted by molar-refractivity contribution is -0.115. The Morgan fingerprint density at radius 3 is 2.58 bits per heavy atom. The highest BCUT2D eigenvalue weighted by atomic mass is 16.1. The fourth-order valence-corrected chi connectivity index (χ4v) is 3.39. The average Bonchev–Trinajstić information content (AvgIpc) is 3.17. The van der Waals surface area contributed by atoms with Crippen molar-refractivity contribution in [1.29, 1.82) is 0 Å². The Hall–Kier alpha value is -3.08. The van der Waals surface area contributed by atoms with Gasteiger partial charge in [-0.2, -0.15) is 0 Å². The molecule has 5 heteroatoms. The maximum absolute atomic E-state index is 12.3. The van der Waals surface area contributed by atoms with Crippen molar-refractivity contribution in [3.8, 4) is 0 Å². The van der Waals surface area contributed by atoms with E-state index in [4.69, 9.17) is 5.73 Å². The highest BCUT2D eigenvalue weighted by Crippen LogP contribution is 2.22. The van der Waals surface area contributed by atoms with Crippen LogP contribution < -0.4 is 16.0 Å². The minimum atomic E-state index is -0.0683. The van der Waals surface area contributed by atoms with Crippen molar-refractivity contribution >= 4 is 33.9 Å². The largest absolute Gasteiger partial charge is 0.399 e. The first kappa shape index (κ1) is 16.4. The number of pyridine rings is 1. The van der Waals surface area contributed by atoms with Crippen molar-refractivity contribution in [3.63, 3.8) is 0 Å². The fourth-order valence-electron chi connectivity index (χ4n) is 3.39. The van der Waals surface area contributed by atoms with E-state index in [0.29, 0.717) is 5.69 Å². The molecule has 0 radical (unpaired) electrons. The second-order valence-electron chi connectivity index (χ2n) is 6.72. The third kappa shape index (κ3) is 3.61. The maximum Gasteiger partial charge on any atom is 0.230 e. The molecule has 1 aliphatic heterocycles. The zero-order valence-electron chi connectivity index (χ0n) is 14.6. The van der Waals surface area contributed by atoms with Gasteiger partial charge >= 0.3 is 0 Å². The van der Waals surface area contributed by atoms with Crippen LogP contribution >= 0.6 is 0 Å². The summed E-state index contributed by atoms with van der Waals surface area (Å²) in [6, 6.07) is 17.5. The number of aromatic nitrogens is 1. The van der Waals surface area contributed by atoms with Gasteiger partial charge in [-0.05, 0) is 61.4 Å². The van der Waals surface area contributed by atoms with Crippen LogP contribution in [0.1, 0.15) is 18.5 Å². The Balaban J connectivity index is 1.41. The summed E-state index contributed by atoms with van der Waals surface area (Å²) in [6.07, 6.45) is 2.75. The quantitative estimate of drug-likeness (QED) is 0.708. The Morgan fingerprint density at radius 2 is 1.81 bits per heavy atom. The second-order valence-corrected chi connectivity index (χ2v) is 6.72. The van der Waals surface area contributed by atoms with Crippen molar-refractivity contribution in [3.05, 3.63) is 60.3 Å². The van der Waals surface area contributed by atoms with Gasteiger partial charge in [0.15, 0.2) is 0 Å². The first-order valence-corrected chi connectivity index (χ1v) is 8.97. The van der Waals surface area contributed by atoms with Crippen LogP contribution in [0.25, 0.3) is 10.9 Å². The fraction of sp³-hybridized carbons (Fsp3) is 0.238. The standard InChI is InChI=1S/C21H22N4O/c22-16-4-10-20-15(13-16)3-5-18(23-20)14-21(26)24-17-6-8-19(9-7-17)25-11-1-2-12-25/h3-10,13H,1-2,11-12,14,22H2,(H,24,26). The van der Waals surface area contributed by atoms with Gasteiger partial charge in [0, 0.05) is 35.5 Å². The van der Waals surface area contributed by atoms with Crippen LogP contribution in [0.3, 0.4) is 0 Å². The predicted molar refractivity (Wildman–Crippen MR) is 106 cm³/mol. The van der Waals surface area contributed by atoms with Crippen LogP contribution in [-0.2, 0) is 11.2 Å². The molecule has 0 saturated carbocycles. The van der Waals surface area contributed by atoms with E-state index in [2.05, 4.69) is 27.3 Å². The number of hydrogen-bond acceptors (Lipinski definition) is 4. The molecule has 132 valence electrons. The lowest BCUT2D eigenvalue weighted by Gasteiger charge is -2.17. The smallest absolute Gasteiger partial charge is 0.230 e. The van der Waals surface area contributed by atoms with E-state index < -0.39 is 0 Å². The summed E-state index contributed by atoms with van der Waals surface area (Å²) in [5.74, 6) is -0.0683. The first-order valence-electron chi connectivity index (χ1n) is 8.97. The molecular weight excluding hydrogens is 324 g/mol. The van der Waals surface area contributed by atoms with E-state index in [1.54, 1.807) is 0 Å². The number of amides is 1. The molecule has 2 aromatic carbocycles. The van der Waals surface area contributed by atoms with Gasteiger partial charge < -0.3 is 16.0 Å². The molecule has 1 aromatic heterocycles. The summed E-state index contributed by atoms with van der Waals surface area (Å²) >= 11 is 0. The van der Waals surface area contributed by atoms with Gasteiger partial charge in [0.2, 0.25) is 5.91 Å². The van der Waals surface area contributed by atoms with E-state index in [-0.39, 0.29) is 12.3 Å². The summed E-state index contributed by atoms with van der Waals surface area (Å²) in [6.45, 7) is 2.23. The monoisotopic (exact) mass is 346 g/mol. The summed E-state index contributed by atoms with van der Waals surface area (Å²) in [7, 11) is 0. The molecular formula is C21H22N4O. The van der Waals surface area contributed by atoms with Gasteiger partial charge in [-0.1, -0.05) is 6.07 Å². The van der Waals surface area contributed by atoms with Crippen molar-refractivity contribution in [2.24, 2.45) is 0 Å². The third-order valence-corrected chi connectivity index (χ3v) is 4.73. The van der Waals surface area contributed by atoms with Crippen LogP contribution in [0.15, 0.2) is 54.6 Å². The molecule has 0 spiro atoms. The number of fused-ring (bicyclic) bond motifs is 1. The number of nitrogens with zero attached hydrogens (tertiary/aromatic N) is 2. The molecule has 0 aliphatic carbocycles. The summed E-state index contributed by atoms with van der Waals surface area (Å²) in [5, 5.41) is 3.93. The average molecular weight is 346 g/mol. The van der Waals surface area contributed by atoms with Gasteiger partial charge in [-0.15, -0.1) is 0 Å². The zero-order chi connectivity index (χ0) is 17.9. The minimum absolute atomic E-state index is 0.0683.